The first-order valence-electron chi connectivity index (χ1n) is 8.19. The van der Waals surface area contributed by atoms with Gasteiger partial charge in [0.2, 0.25) is 0 Å². The molecule has 0 aliphatic heterocycles. The summed E-state index contributed by atoms with van der Waals surface area (Å²) in [7, 11) is 0. The van der Waals surface area contributed by atoms with Gasteiger partial charge in [0.05, 0.1) is 0 Å². The number of rotatable bonds is 10. The molecule has 0 saturated carbocycles. The average Bonchev–Trinajstić information content (AvgIpc) is 2.45. The molecule has 1 nitrogen and oxygen atoms in total. The first-order valence-corrected chi connectivity index (χ1v) is 9.27. The number of hydrogen-bond donors (Lipinski definition) is 1. The first kappa shape index (κ1) is 18.0. The second-order valence-corrected chi connectivity index (χ2v) is 6.72. The van der Waals surface area contributed by atoms with Crippen molar-refractivity contribution in [3.63, 3.8) is 0 Å². The molecule has 0 saturated heterocycles. The van der Waals surface area contributed by atoms with E-state index in [1.165, 1.54) is 59.6 Å². The van der Waals surface area contributed by atoms with Gasteiger partial charge in [0.15, 0.2) is 0 Å². The van der Waals surface area contributed by atoms with Crippen LogP contribution >= 0.6 is 22.6 Å². The van der Waals surface area contributed by atoms with E-state index < -0.39 is 0 Å². The van der Waals surface area contributed by atoms with Crippen molar-refractivity contribution in [1.82, 2.24) is 5.32 Å². The molecular weight excluding hydrogens is 357 g/mol. The molecule has 1 N–H and O–H groups in total. The van der Waals surface area contributed by atoms with Crippen LogP contribution in [0.2, 0.25) is 0 Å². The molecule has 1 aromatic rings. The lowest BCUT2D eigenvalue weighted by Gasteiger charge is -2.20. The van der Waals surface area contributed by atoms with Gasteiger partial charge in [-0.25, -0.2) is 0 Å². The van der Waals surface area contributed by atoms with Gasteiger partial charge in [0.1, 0.15) is 0 Å². The molecule has 0 aliphatic carbocycles. The van der Waals surface area contributed by atoms with Crippen molar-refractivity contribution in [2.45, 2.75) is 71.8 Å². The van der Waals surface area contributed by atoms with E-state index >= 15 is 0 Å². The number of unbranched alkanes of at least 4 members (excludes halogenated alkanes) is 5. The topological polar surface area (TPSA) is 12.0 Å². The maximum Gasteiger partial charge on any atom is 0.0330 e. The minimum absolute atomic E-state index is 0.526. The smallest absolute Gasteiger partial charge is 0.0330 e. The Labute approximate surface area is 139 Å². The minimum atomic E-state index is 0.526. The van der Waals surface area contributed by atoms with Crippen LogP contribution in [0, 0.1) is 10.5 Å². The fourth-order valence-corrected chi connectivity index (χ4v) is 3.42. The van der Waals surface area contributed by atoms with Gasteiger partial charge in [-0.3, -0.25) is 0 Å². The Morgan fingerprint density at radius 2 is 1.75 bits per heavy atom. The van der Waals surface area contributed by atoms with Gasteiger partial charge < -0.3 is 5.32 Å². The summed E-state index contributed by atoms with van der Waals surface area (Å²) in [6, 6.07) is 7.22. The summed E-state index contributed by atoms with van der Waals surface area (Å²) < 4.78 is 1.43. The zero-order valence-electron chi connectivity index (χ0n) is 13.3. The van der Waals surface area contributed by atoms with Crippen molar-refractivity contribution in [1.29, 1.82) is 0 Å². The van der Waals surface area contributed by atoms with E-state index in [-0.39, 0.29) is 0 Å². The predicted octanol–water partition coefficient (Wildman–Crippen LogP) is 6.00. The highest BCUT2D eigenvalue weighted by molar-refractivity contribution is 14.1. The van der Waals surface area contributed by atoms with Crippen LogP contribution in [0.15, 0.2) is 18.2 Å². The third-order valence-corrected chi connectivity index (χ3v) is 5.37. The molecule has 0 aliphatic rings. The summed E-state index contributed by atoms with van der Waals surface area (Å²) in [5.74, 6) is 0. The van der Waals surface area contributed by atoms with Crippen molar-refractivity contribution >= 4 is 22.6 Å². The molecule has 114 valence electrons. The molecule has 0 fully saturated rings. The lowest BCUT2D eigenvalue weighted by atomic mass is 9.98. The van der Waals surface area contributed by atoms with Crippen molar-refractivity contribution in [3.05, 3.63) is 32.9 Å². The van der Waals surface area contributed by atoms with Gasteiger partial charge in [-0.2, -0.15) is 0 Å². The molecule has 0 amide bonds. The van der Waals surface area contributed by atoms with Gasteiger partial charge in [0, 0.05) is 9.61 Å². The van der Waals surface area contributed by atoms with Gasteiger partial charge in [-0.15, -0.1) is 0 Å². The van der Waals surface area contributed by atoms with E-state index in [1.807, 2.05) is 0 Å². The molecule has 0 radical (unpaired) electrons. The normalized spacial score (nSPS) is 12.6. The highest BCUT2D eigenvalue weighted by atomic mass is 127. The molecule has 1 aromatic carbocycles. The third-order valence-electron chi connectivity index (χ3n) is 3.89. The predicted molar refractivity (Wildman–Crippen MR) is 98.3 cm³/mol. The molecule has 20 heavy (non-hydrogen) atoms. The van der Waals surface area contributed by atoms with E-state index in [9.17, 15) is 0 Å². The van der Waals surface area contributed by atoms with Crippen molar-refractivity contribution in [3.8, 4) is 0 Å². The fourth-order valence-electron chi connectivity index (χ4n) is 2.68. The molecule has 0 aromatic heterocycles. The van der Waals surface area contributed by atoms with Gasteiger partial charge in [0.25, 0.3) is 0 Å². The van der Waals surface area contributed by atoms with E-state index in [2.05, 4.69) is 66.9 Å². The largest absolute Gasteiger partial charge is 0.310 e. The Balaban J connectivity index is 2.49. The number of aryl methyl sites for hydroxylation is 1. The van der Waals surface area contributed by atoms with Crippen molar-refractivity contribution < 1.29 is 0 Å². The number of benzene rings is 1. The average molecular weight is 387 g/mol. The summed E-state index contributed by atoms with van der Waals surface area (Å²) in [6.07, 6.45) is 9.52. The second-order valence-electron chi connectivity index (χ2n) is 5.64. The molecule has 0 bridgehead atoms. The Kier molecular flexibility index (Phi) is 9.53. The van der Waals surface area contributed by atoms with E-state index in [4.69, 9.17) is 0 Å². The Morgan fingerprint density at radius 3 is 2.45 bits per heavy atom. The number of nitrogens with one attached hydrogen (secondary N) is 1. The molecule has 1 rings (SSSR count). The zero-order valence-corrected chi connectivity index (χ0v) is 15.5. The lowest BCUT2D eigenvalue weighted by Crippen LogP contribution is -2.22. The second kappa shape index (κ2) is 10.6. The van der Waals surface area contributed by atoms with Crippen LogP contribution in [0.5, 0.6) is 0 Å². The SMILES string of the molecule is CCCCCCCCC(NCC)c1cccc(C)c1I. The lowest BCUT2D eigenvalue weighted by molar-refractivity contribution is 0.475. The molecule has 0 spiro atoms. The van der Waals surface area contributed by atoms with Crippen LogP contribution < -0.4 is 5.32 Å². The van der Waals surface area contributed by atoms with Gasteiger partial charge >= 0.3 is 0 Å². The summed E-state index contributed by atoms with van der Waals surface area (Å²) in [5.41, 5.74) is 2.88. The van der Waals surface area contributed by atoms with Crippen LogP contribution in [-0.4, -0.2) is 6.54 Å². The Morgan fingerprint density at radius 1 is 1.05 bits per heavy atom. The maximum atomic E-state index is 3.66. The van der Waals surface area contributed by atoms with E-state index in [1.54, 1.807) is 0 Å². The molecule has 2 heteroatoms. The number of halogens is 1. The fraction of sp³-hybridized carbons (Fsp3) is 0.667. The van der Waals surface area contributed by atoms with Crippen LogP contribution in [0.4, 0.5) is 0 Å². The molecular formula is C18H30IN. The third kappa shape index (κ3) is 6.13. The summed E-state index contributed by atoms with van der Waals surface area (Å²) in [6.45, 7) is 7.74. The minimum Gasteiger partial charge on any atom is -0.310 e. The first-order chi connectivity index (χ1) is 9.70. The van der Waals surface area contributed by atoms with Crippen molar-refractivity contribution in [2.75, 3.05) is 6.54 Å². The highest BCUT2D eigenvalue weighted by Crippen LogP contribution is 2.27. The standard InChI is InChI=1S/C18H30IN/c1-4-6-7-8-9-10-14-17(20-5-2)16-13-11-12-15(3)18(16)19/h11-13,17,20H,4-10,14H2,1-3H3. The summed E-state index contributed by atoms with van der Waals surface area (Å²) >= 11 is 2.50. The maximum absolute atomic E-state index is 3.66. The summed E-state index contributed by atoms with van der Waals surface area (Å²) in [4.78, 5) is 0. The molecule has 1 unspecified atom stereocenters. The summed E-state index contributed by atoms with van der Waals surface area (Å²) in [5, 5.41) is 3.66. The van der Waals surface area contributed by atoms with Gasteiger partial charge in [-0.1, -0.05) is 70.6 Å². The zero-order chi connectivity index (χ0) is 14.8. The van der Waals surface area contributed by atoms with E-state index in [0.717, 1.165) is 6.54 Å². The molecule has 1 atom stereocenters. The monoisotopic (exact) mass is 387 g/mol. The molecule has 0 heterocycles. The van der Waals surface area contributed by atoms with Crippen LogP contribution in [-0.2, 0) is 0 Å². The van der Waals surface area contributed by atoms with E-state index in [0.29, 0.717) is 6.04 Å². The van der Waals surface area contributed by atoms with Gasteiger partial charge in [-0.05, 0) is 53.6 Å². The van der Waals surface area contributed by atoms with Crippen LogP contribution in [0.3, 0.4) is 0 Å². The highest BCUT2D eigenvalue weighted by Gasteiger charge is 2.13. The van der Waals surface area contributed by atoms with Crippen LogP contribution in [0.25, 0.3) is 0 Å². The van der Waals surface area contributed by atoms with Crippen LogP contribution in [0.1, 0.15) is 76.0 Å². The number of hydrogen-bond acceptors (Lipinski definition) is 1. The Hall–Kier alpha value is -0.0900. The Bertz CT molecular complexity index is 376. The quantitative estimate of drug-likeness (QED) is 0.383. The van der Waals surface area contributed by atoms with Crippen molar-refractivity contribution in [2.24, 2.45) is 0 Å².